The van der Waals surface area contributed by atoms with E-state index in [1.165, 1.54) is 16.8 Å². The number of likely N-dealkylation sites (N-methyl/N-ethyl adjacent to an activating group) is 2. The fourth-order valence-corrected chi connectivity index (χ4v) is 6.13. The summed E-state index contributed by atoms with van der Waals surface area (Å²) < 4.78 is 0. The van der Waals surface area contributed by atoms with Crippen LogP contribution in [0.15, 0.2) is 58.8 Å². The maximum atomic E-state index is 9.89. The number of dihydropyridines is 1. The van der Waals surface area contributed by atoms with Crippen LogP contribution in [0, 0.1) is 28.6 Å². The van der Waals surface area contributed by atoms with Crippen LogP contribution in [0.1, 0.15) is 69.7 Å². The highest BCUT2D eigenvalue weighted by atomic mass is 16.0. The Kier molecular flexibility index (Phi) is 10.8. The molecule has 40 heavy (non-hydrogen) atoms. The standard InChI is InChI=1S/C33H48N6.H2O/c1-8-26-16-25(21-37(5)6)10-9-11-28(26)20-35-19-24-12-13-27(18-34)29(17-24)30-14-15-31-32(36-30)38(7)23-39(31)22-33(2,3)4;/h9,11-13,15-17,26,28,30,35H,8,10,14,19-23H2,1-7H3;1H2. The van der Waals surface area contributed by atoms with E-state index < -0.39 is 0 Å². The van der Waals surface area contributed by atoms with E-state index >= 15 is 0 Å². The quantitative estimate of drug-likeness (QED) is 0.446. The molecular formula is C33H50N6O. The van der Waals surface area contributed by atoms with Gasteiger partial charge in [-0.3, -0.25) is 4.99 Å². The van der Waals surface area contributed by atoms with E-state index in [4.69, 9.17) is 4.99 Å². The van der Waals surface area contributed by atoms with Crippen molar-refractivity contribution in [1.82, 2.24) is 20.0 Å². The van der Waals surface area contributed by atoms with Crippen molar-refractivity contribution in [1.29, 1.82) is 5.26 Å². The number of fused-ring (bicyclic) bond motifs is 1. The molecular weight excluding hydrogens is 496 g/mol. The van der Waals surface area contributed by atoms with Crippen LogP contribution in [-0.2, 0) is 6.54 Å². The van der Waals surface area contributed by atoms with Crippen molar-refractivity contribution >= 4 is 5.84 Å². The van der Waals surface area contributed by atoms with E-state index in [9.17, 15) is 5.26 Å². The zero-order valence-corrected chi connectivity index (χ0v) is 25.7. The molecule has 2 aliphatic heterocycles. The number of amidine groups is 1. The predicted octanol–water partition coefficient (Wildman–Crippen LogP) is 4.89. The summed E-state index contributed by atoms with van der Waals surface area (Å²) in [6.07, 6.45) is 12.6. The van der Waals surface area contributed by atoms with E-state index in [-0.39, 0.29) is 16.9 Å². The number of rotatable bonds is 9. The minimum atomic E-state index is -0.0232. The van der Waals surface area contributed by atoms with Crippen molar-refractivity contribution in [3.8, 4) is 6.07 Å². The molecule has 7 nitrogen and oxygen atoms in total. The summed E-state index contributed by atoms with van der Waals surface area (Å²) in [5.41, 5.74) is 5.96. The third-order valence-electron chi connectivity index (χ3n) is 7.85. The monoisotopic (exact) mass is 546 g/mol. The third-order valence-corrected chi connectivity index (χ3v) is 7.85. The van der Waals surface area contributed by atoms with E-state index in [2.05, 4.69) is 111 Å². The lowest BCUT2D eigenvalue weighted by molar-refractivity contribution is 0.222. The van der Waals surface area contributed by atoms with Crippen molar-refractivity contribution in [3.63, 3.8) is 0 Å². The molecule has 1 fully saturated rings. The maximum absolute atomic E-state index is 9.89. The van der Waals surface area contributed by atoms with Gasteiger partial charge in [0.05, 0.1) is 30.0 Å². The summed E-state index contributed by atoms with van der Waals surface area (Å²) in [5, 5.41) is 13.6. The zero-order chi connectivity index (χ0) is 28.2. The fourth-order valence-electron chi connectivity index (χ4n) is 6.13. The average Bonchev–Trinajstić information content (AvgIpc) is 3.05. The van der Waals surface area contributed by atoms with E-state index in [1.54, 1.807) is 0 Å². The summed E-state index contributed by atoms with van der Waals surface area (Å²) >= 11 is 0. The van der Waals surface area contributed by atoms with Crippen LogP contribution in [-0.4, -0.2) is 73.5 Å². The van der Waals surface area contributed by atoms with Crippen LogP contribution >= 0.6 is 0 Å². The van der Waals surface area contributed by atoms with Gasteiger partial charge in [0, 0.05) is 33.2 Å². The molecule has 0 spiro atoms. The Hall–Kier alpha value is -2.92. The number of hydrogen-bond acceptors (Lipinski definition) is 6. The number of nitrogens with one attached hydrogen (secondary N) is 1. The number of nitrogens with zero attached hydrogens (tertiary/aromatic N) is 5. The van der Waals surface area contributed by atoms with Crippen molar-refractivity contribution in [2.24, 2.45) is 22.2 Å². The average molecular weight is 547 g/mol. The first-order valence-electron chi connectivity index (χ1n) is 14.6. The Balaban J connectivity index is 0.00000441. The first-order chi connectivity index (χ1) is 18.6. The van der Waals surface area contributed by atoms with Gasteiger partial charge >= 0.3 is 0 Å². The second-order valence-corrected chi connectivity index (χ2v) is 13.0. The molecule has 1 aromatic rings. The summed E-state index contributed by atoms with van der Waals surface area (Å²) in [6.45, 7) is 13.8. The van der Waals surface area contributed by atoms with Crippen LogP contribution in [0.4, 0.5) is 0 Å². The maximum Gasteiger partial charge on any atom is 0.149 e. The molecule has 1 saturated heterocycles. The lowest BCUT2D eigenvalue weighted by Crippen LogP contribution is -2.31. The van der Waals surface area contributed by atoms with Crippen LogP contribution in [0.5, 0.6) is 0 Å². The van der Waals surface area contributed by atoms with Gasteiger partial charge in [0.1, 0.15) is 5.84 Å². The van der Waals surface area contributed by atoms with Gasteiger partial charge in [-0.15, -0.1) is 0 Å². The molecule has 1 aromatic carbocycles. The van der Waals surface area contributed by atoms with Gasteiger partial charge in [-0.2, -0.15) is 5.26 Å². The Labute approximate surface area is 242 Å². The van der Waals surface area contributed by atoms with Crippen molar-refractivity contribution in [3.05, 3.63) is 70.5 Å². The highest BCUT2D eigenvalue weighted by Crippen LogP contribution is 2.35. The Bertz CT molecular complexity index is 1180. The first kappa shape index (κ1) is 31.6. The predicted molar refractivity (Wildman–Crippen MR) is 166 cm³/mol. The smallest absolute Gasteiger partial charge is 0.149 e. The first-order valence-corrected chi connectivity index (χ1v) is 14.6. The molecule has 4 rings (SSSR count). The number of benzene rings is 1. The number of allylic oxidation sites excluding steroid dienone is 2. The molecule has 0 radical (unpaired) electrons. The molecule has 3 atom stereocenters. The van der Waals surface area contributed by atoms with Gasteiger partial charge in [-0.25, -0.2) is 0 Å². The SMILES string of the molecule is CCC1C=C(CN(C)C)CC=CC1CNCc1ccc(C#N)c(C2CC=C3C(=N2)N(C)CN3CC(C)(C)C)c1.O. The highest BCUT2D eigenvalue weighted by Gasteiger charge is 2.34. The minimum absolute atomic E-state index is 0. The van der Waals surface area contributed by atoms with E-state index in [0.29, 0.717) is 11.8 Å². The van der Waals surface area contributed by atoms with E-state index in [1.807, 2.05) is 6.07 Å². The third kappa shape index (κ3) is 7.84. The lowest BCUT2D eigenvalue weighted by Gasteiger charge is -2.29. The second-order valence-electron chi connectivity index (χ2n) is 13.0. The summed E-state index contributed by atoms with van der Waals surface area (Å²) in [5.74, 6) is 2.10. The second kappa shape index (κ2) is 13.6. The van der Waals surface area contributed by atoms with Gasteiger partial charge in [0.15, 0.2) is 0 Å². The molecule has 7 heteroatoms. The molecule has 0 aromatic heterocycles. The van der Waals surface area contributed by atoms with Gasteiger partial charge < -0.3 is 25.5 Å². The lowest BCUT2D eigenvalue weighted by atomic mass is 9.89. The number of hydrogen-bond donors (Lipinski definition) is 1. The minimum Gasteiger partial charge on any atom is -0.412 e. The van der Waals surface area contributed by atoms with Crippen LogP contribution in [0.25, 0.3) is 0 Å². The van der Waals surface area contributed by atoms with Crippen molar-refractivity contribution < 1.29 is 5.48 Å². The highest BCUT2D eigenvalue weighted by molar-refractivity contribution is 6.00. The summed E-state index contributed by atoms with van der Waals surface area (Å²) in [7, 11) is 6.40. The van der Waals surface area contributed by atoms with Crippen molar-refractivity contribution in [2.75, 3.05) is 47.4 Å². The molecule has 0 saturated carbocycles. The molecule has 218 valence electrons. The van der Waals surface area contributed by atoms with Crippen molar-refractivity contribution in [2.45, 2.75) is 59.5 Å². The Morgan fingerprint density at radius 2 is 1.98 bits per heavy atom. The molecule has 1 aliphatic carbocycles. The normalized spacial score (nSPS) is 22.7. The Morgan fingerprint density at radius 3 is 2.65 bits per heavy atom. The Morgan fingerprint density at radius 1 is 1.20 bits per heavy atom. The largest absolute Gasteiger partial charge is 0.412 e. The fraction of sp³-hybridized carbons (Fsp3) is 0.576. The van der Waals surface area contributed by atoms with Gasteiger partial charge in [0.2, 0.25) is 0 Å². The molecule has 2 heterocycles. The summed E-state index contributed by atoms with van der Waals surface area (Å²) in [4.78, 5) is 12.1. The van der Waals surface area contributed by atoms with Gasteiger partial charge in [-0.1, -0.05) is 69.7 Å². The number of aliphatic imine (C=N–C) groups is 1. The van der Waals surface area contributed by atoms with Gasteiger partial charge in [0.25, 0.3) is 0 Å². The van der Waals surface area contributed by atoms with Gasteiger partial charge in [-0.05, 0) is 67.8 Å². The summed E-state index contributed by atoms with van der Waals surface area (Å²) in [6, 6.07) is 8.68. The number of nitriles is 1. The van der Waals surface area contributed by atoms with E-state index in [0.717, 1.165) is 69.1 Å². The molecule has 3 unspecified atom stereocenters. The van der Waals surface area contributed by atoms with Crippen LogP contribution in [0.2, 0.25) is 0 Å². The van der Waals surface area contributed by atoms with Crippen LogP contribution in [0.3, 0.4) is 0 Å². The molecule has 0 bridgehead atoms. The molecule has 0 amide bonds. The zero-order valence-electron chi connectivity index (χ0n) is 25.7. The van der Waals surface area contributed by atoms with Crippen LogP contribution < -0.4 is 5.32 Å². The molecule has 3 N–H and O–H groups in total. The molecule has 3 aliphatic rings. The topological polar surface area (TPSA) is 89.4 Å².